The Labute approximate surface area is 145 Å². The van der Waals surface area contributed by atoms with Crippen LogP contribution in [0.3, 0.4) is 0 Å². The number of carbonyl (C=O) groups excluding carboxylic acids is 1. The summed E-state index contributed by atoms with van der Waals surface area (Å²) in [6.45, 7) is 5.73. The molecule has 2 heterocycles. The van der Waals surface area contributed by atoms with Gasteiger partial charge in [0.25, 0.3) is 0 Å². The van der Waals surface area contributed by atoms with Gasteiger partial charge in [-0.2, -0.15) is 11.8 Å². The van der Waals surface area contributed by atoms with E-state index >= 15 is 0 Å². The van der Waals surface area contributed by atoms with Crippen LogP contribution in [0.15, 0.2) is 0 Å². The van der Waals surface area contributed by atoms with Gasteiger partial charge in [-0.15, -0.1) is 0 Å². The Balaban J connectivity index is 1.52. The molecule has 2 aliphatic heterocycles. The number of carbonyl (C=O) groups is 1. The Morgan fingerprint density at radius 2 is 1.74 bits per heavy atom. The summed E-state index contributed by atoms with van der Waals surface area (Å²) in [6, 6.07) is 0.396. The maximum atomic E-state index is 13.1. The van der Waals surface area contributed by atoms with E-state index in [0.29, 0.717) is 11.9 Å². The molecule has 0 aromatic carbocycles. The first-order valence-corrected chi connectivity index (χ1v) is 10.9. The Bertz CT molecular complexity index is 384. The van der Waals surface area contributed by atoms with Crippen LogP contribution in [0.2, 0.25) is 0 Å². The molecular weight excluding hydrogens is 306 g/mol. The van der Waals surface area contributed by atoms with Crippen molar-refractivity contribution in [3.05, 3.63) is 0 Å². The lowest BCUT2D eigenvalue weighted by Crippen LogP contribution is -2.59. The first-order chi connectivity index (χ1) is 11.2. The summed E-state index contributed by atoms with van der Waals surface area (Å²) in [6.07, 6.45) is 11.5. The van der Waals surface area contributed by atoms with Crippen LogP contribution in [0, 0.1) is 0 Å². The third kappa shape index (κ3) is 4.05. The second kappa shape index (κ2) is 8.21. The largest absolute Gasteiger partial charge is 0.352 e. The third-order valence-electron chi connectivity index (χ3n) is 6.10. The molecule has 0 radical (unpaired) electrons. The molecule has 5 heteroatoms. The van der Waals surface area contributed by atoms with Crippen molar-refractivity contribution in [2.75, 3.05) is 44.7 Å². The number of piperidine rings is 1. The van der Waals surface area contributed by atoms with E-state index in [2.05, 4.69) is 21.4 Å². The van der Waals surface area contributed by atoms with Crippen molar-refractivity contribution in [3.8, 4) is 0 Å². The van der Waals surface area contributed by atoms with Crippen molar-refractivity contribution >= 4 is 17.7 Å². The summed E-state index contributed by atoms with van der Waals surface area (Å²) in [7, 11) is 0. The number of likely N-dealkylation sites (tertiary alicyclic amines) is 2. The molecule has 23 heavy (non-hydrogen) atoms. The zero-order chi connectivity index (χ0) is 16.1. The fourth-order valence-corrected chi connectivity index (χ4v) is 5.07. The van der Waals surface area contributed by atoms with E-state index in [1.165, 1.54) is 38.0 Å². The Hall–Kier alpha value is -0.260. The van der Waals surface area contributed by atoms with Gasteiger partial charge in [0, 0.05) is 31.4 Å². The van der Waals surface area contributed by atoms with E-state index < -0.39 is 0 Å². The van der Waals surface area contributed by atoms with Gasteiger partial charge < -0.3 is 10.2 Å². The van der Waals surface area contributed by atoms with Crippen molar-refractivity contribution in [3.63, 3.8) is 0 Å². The quantitative estimate of drug-likeness (QED) is 0.806. The van der Waals surface area contributed by atoms with Crippen LogP contribution in [-0.4, -0.2) is 72.0 Å². The minimum absolute atomic E-state index is 0.160. The molecule has 1 amide bonds. The SMILES string of the molecule is CSCCN1CCC(NC(=O)C2(N3CCCC3)CCCC2)CC1. The molecule has 3 rings (SSSR count). The van der Waals surface area contributed by atoms with Gasteiger partial charge in [0.2, 0.25) is 5.91 Å². The normalized spacial score (nSPS) is 26.7. The molecule has 0 aromatic heterocycles. The highest BCUT2D eigenvalue weighted by atomic mass is 32.2. The van der Waals surface area contributed by atoms with E-state index in [-0.39, 0.29) is 5.54 Å². The summed E-state index contributed by atoms with van der Waals surface area (Å²) >= 11 is 1.92. The highest BCUT2D eigenvalue weighted by Crippen LogP contribution is 2.37. The Kier molecular flexibility index (Phi) is 6.27. The molecule has 2 saturated heterocycles. The first-order valence-electron chi connectivity index (χ1n) is 9.52. The predicted octanol–water partition coefficient (Wildman–Crippen LogP) is 2.34. The van der Waals surface area contributed by atoms with Gasteiger partial charge >= 0.3 is 0 Å². The van der Waals surface area contributed by atoms with Crippen molar-refractivity contribution in [2.24, 2.45) is 0 Å². The predicted molar refractivity (Wildman–Crippen MR) is 98.0 cm³/mol. The summed E-state index contributed by atoms with van der Waals surface area (Å²) in [5.41, 5.74) is -0.160. The molecule has 3 fully saturated rings. The lowest BCUT2D eigenvalue weighted by Gasteiger charge is -2.40. The summed E-state index contributed by atoms with van der Waals surface area (Å²) in [5, 5.41) is 3.44. The standard InChI is InChI=1S/C18H33N3OS/c1-23-15-14-20-12-6-16(7-13-20)19-17(22)18(8-2-3-9-18)21-10-4-5-11-21/h16H,2-15H2,1H3,(H,19,22). The molecule has 132 valence electrons. The van der Waals surface area contributed by atoms with Crippen LogP contribution >= 0.6 is 11.8 Å². The fourth-order valence-electron chi connectivity index (χ4n) is 4.63. The Morgan fingerprint density at radius 1 is 1.09 bits per heavy atom. The second-order valence-corrected chi connectivity index (χ2v) is 8.50. The molecule has 3 aliphatic rings. The maximum Gasteiger partial charge on any atom is 0.240 e. The van der Waals surface area contributed by atoms with Crippen LogP contribution in [0.25, 0.3) is 0 Å². The zero-order valence-electron chi connectivity index (χ0n) is 14.7. The van der Waals surface area contributed by atoms with E-state index in [9.17, 15) is 4.79 Å². The smallest absolute Gasteiger partial charge is 0.240 e. The molecule has 0 bridgehead atoms. The molecule has 0 aromatic rings. The molecular formula is C18H33N3OS. The number of hydrogen-bond acceptors (Lipinski definition) is 4. The maximum absolute atomic E-state index is 13.1. The van der Waals surface area contributed by atoms with Gasteiger partial charge in [-0.3, -0.25) is 9.69 Å². The number of rotatable bonds is 6. The van der Waals surface area contributed by atoms with Gasteiger partial charge in [0.1, 0.15) is 5.54 Å². The lowest BCUT2D eigenvalue weighted by molar-refractivity contribution is -0.134. The lowest BCUT2D eigenvalue weighted by atomic mass is 9.92. The molecule has 1 saturated carbocycles. The van der Waals surface area contributed by atoms with E-state index in [0.717, 1.165) is 51.9 Å². The van der Waals surface area contributed by atoms with E-state index in [1.807, 2.05) is 11.8 Å². The molecule has 4 nitrogen and oxygen atoms in total. The van der Waals surface area contributed by atoms with Gasteiger partial charge in [-0.1, -0.05) is 12.8 Å². The van der Waals surface area contributed by atoms with Crippen LogP contribution in [0.5, 0.6) is 0 Å². The van der Waals surface area contributed by atoms with Gasteiger partial charge in [0.05, 0.1) is 0 Å². The molecule has 0 unspecified atom stereocenters. The monoisotopic (exact) mass is 339 g/mol. The van der Waals surface area contributed by atoms with Gasteiger partial charge in [-0.05, 0) is 57.9 Å². The van der Waals surface area contributed by atoms with E-state index in [4.69, 9.17) is 0 Å². The molecule has 1 aliphatic carbocycles. The Morgan fingerprint density at radius 3 is 2.35 bits per heavy atom. The number of hydrogen-bond donors (Lipinski definition) is 1. The van der Waals surface area contributed by atoms with E-state index in [1.54, 1.807) is 0 Å². The van der Waals surface area contributed by atoms with Crippen molar-refractivity contribution in [1.29, 1.82) is 0 Å². The van der Waals surface area contributed by atoms with Crippen molar-refractivity contribution in [1.82, 2.24) is 15.1 Å². The van der Waals surface area contributed by atoms with Crippen molar-refractivity contribution < 1.29 is 4.79 Å². The fraction of sp³-hybridized carbons (Fsp3) is 0.944. The van der Waals surface area contributed by atoms with Crippen LogP contribution < -0.4 is 5.32 Å². The molecule has 0 spiro atoms. The van der Waals surface area contributed by atoms with Gasteiger partial charge in [-0.25, -0.2) is 0 Å². The minimum Gasteiger partial charge on any atom is -0.352 e. The van der Waals surface area contributed by atoms with Crippen molar-refractivity contribution in [2.45, 2.75) is 62.9 Å². The summed E-state index contributed by atoms with van der Waals surface area (Å²) in [5.74, 6) is 1.56. The third-order valence-corrected chi connectivity index (χ3v) is 6.69. The minimum atomic E-state index is -0.160. The average molecular weight is 340 g/mol. The summed E-state index contributed by atoms with van der Waals surface area (Å²) < 4.78 is 0. The highest BCUT2D eigenvalue weighted by Gasteiger charge is 2.47. The number of thioether (sulfide) groups is 1. The van der Waals surface area contributed by atoms with Gasteiger partial charge in [0.15, 0.2) is 0 Å². The summed E-state index contributed by atoms with van der Waals surface area (Å²) in [4.78, 5) is 18.2. The molecule has 0 atom stereocenters. The number of nitrogens with one attached hydrogen (secondary N) is 1. The molecule has 1 N–H and O–H groups in total. The van der Waals surface area contributed by atoms with Crippen LogP contribution in [0.4, 0.5) is 0 Å². The first kappa shape index (κ1) is 17.6. The zero-order valence-corrected chi connectivity index (χ0v) is 15.5. The average Bonchev–Trinajstić information content (AvgIpc) is 3.26. The van der Waals surface area contributed by atoms with Crippen LogP contribution in [0.1, 0.15) is 51.4 Å². The topological polar surface area (TPSA) is 35.6 Å². The number of amides is 1. The second-order valence-electron chi connectivity index (χ2n) is 7.52. The number of nitrogens with zero attached hydrogens (tertiary/aromatic N) is 2. The highest BCUT2D eigenvalue weighted by molar-refractivity contribution is 7.98. The van der Waals surface area contributed by atoms with Crippen LogP contribution in [-0.2, 0) is 4.79 Å².